The van der Waals surface area contributed by atoms with Crippen LogP contribution in [0.1, 0.15) is 24.7 Å². The standard InChI is InChI=1S/C15H26N2O3/c1-4-6-16-8-13-12(5-7-20-13)9-17-10-14(18-2)15(11-17)19-3/h5,7,14-16H,4,6,8-11H2,1-3H3. The molecule has 2 heterocycles. The average Bonchev–Trinajstić information content (AvgIpc) is 3.06. The first-order valence-corrected chi connectivity index (χ1v) is 7.32. The van der Waals surface area contributed by atoms with E-state index in [0.29, 0.717) is 0 Å². The Bertz CT molecular complexity index is 382. The molecule has 1 N–H and O–H groups in total. The molecule has 5 heteroatoms. The molecule has 0 amide bonds. The molecule has 2 rings (SSSR count). The van der Waals surface area contributed by atoms with E-state index in [1.54, 1.807) is 20.5 Å². The fraction of sp³-hybridized carbons (Fsp3) is 0.733. The van der Waals surface area contributed by atoms with Gasteiger partial charge < -0.3 is 19.2 Å². The van der Waals surface area contributed by atoms with E-state index >= 15 is 0 Å². The van der Waals surface area contributed by atoms with Gasteiger partial charge in [0.1, 0.15) is 5.76 Å². The first kappa shape index (κ1) is 15.5. The van der Waals surface area contributed by atoms with Crippen molar-refractivity contribution in [2.24, 2.45) is 0 Å². The number of likely N-dealkylation sites (tertiary alicyclic amines) is 1. The minimum atomic E-state index is 0.161. The van der Waals surface area contributed by atoms with Crippen molar-refractivity contribution in [1.82, 2.24) is 10.2 Å². The molecule has 0 aliphatic carbocycles. The first-order valence-electron chi connectivity index (χ1n) is 7.32. The molecule has 0 radical (unpaired) electrons. The van der Waals surface area contributed by atoms with E-state index in [1.165, 1.54) is 5.56 Å². The van der Waals surface area contributed by atoms with Gasteiger partial charge in [0.05, 0.1) is 25.0 Å². The number of hydrogen-bond donors (Lipinski definition) is 1. The zero-order valence-electron chi connectivity index (χ0n) is 12.7. The van der Waals surface area contributed by atoms with Gasteiger partial charge >= 0.3 is 0 Å². The lowest BCUT2D eigenvalue weighted by atomic mass is 10.2. The third-order valence-corrected chi connectivity index (χ3v) is 3.84. The molecule has 1 saturated heterocycles. The third-order valence-electron chi connectivity index (χ3n) is 3.84. The van der Waals surface area contributed by atoms with E-state index in [2.05, 4.69) is 23.2 Å². The van der Waals surface area contributed by atoms with Crippen LogP contribution in [0, 0.1) is 0 Å². The summed E-state index contributed by atoms with van der Waals surface area (Å²) in [4.78, 5) is 2.36. The summed E-state index contributed by atoms with van der Waals surface area (Å²) < 4.78 is 16.5. The van der Waals surface area contributed by atoms with Crippen molar-refractivity contribution in [1.29, 1.82) is 0 Å². The topological polar surface area (TPSA) is 46.9 Å². The number of methoxy groups -OCH3 is 2. The first-order chi connectivity index (χ1) is 9.78. The summed E-state index contributed by atoms with van der Waals surface area (Å²) in [6, 6.07) is 2.06. The number of hydrogen-bond acceptors (Lipinski definition) is 5. The summed E-state index contributed by atoms with van der Waals surface area (Å²) in [5.41, 5.74) is 1.25. The van der Waals surface area contributed by atoms with Gasteiger partial charge in [0.15, 0.2) is 0 Å². The Hall–Kier alpha value is -0.880. The van der Waals surface area contributed by atoms with Crippen LogP contribution in [0.4, 0.5) is 0 Å². The molecule has 1 aromatic rings. The van der Waals surface area contributed by atoms with Crippen LogP contribution in [0.5, 0.6) is 0 Å². The summed E-state index contributed by atoms with van der Waals surface area (Å²) in [5, 5.41) is 3.38. The average molecular weight is 282 g/mol. The lowest BCUT2D eigenvalue weighted by Crippen LogP contribution is -2.27. The van der Waals surface area contributed by atoms with Crippen LogP contribution in [0.15, 0.2) is 16.7 Å². The van der Waals surface area contributed by atoms with E-state index in [1.807, 2.05) is 0 Å². The zero-order valence-corrected chi connectivity index (χ0v) is 12.7. The Balaban J connectivity index is 1.89. The largest absolute Gasteiger partial charge is 0.468 e. The fourth-order valence-electron chi connectivity index (χ4n) is 2.68. The SMILES string of the molecule is CCCNCc1occc1CN1CC(OC)C(OC)C1. The number of furan rings is 1. The smallest absolute Gasteiger partial charge is 0.122 e. The monoisotopic (exact) mass is 282 g/mol. The van der Waals surface area contributed by atoms with Gasteiger partial charge in [-0.1, -0.05) is 6.92 Å². The summed E-state index contributed by atoms with van der Waals surface area (Å²) in [5.74, 6) is 1.04. The second-order valence-corrected chi connectivity index (χ2v) is 5.29. The molecule has 1 aliphatic rings. The van der Waals surface area contributed by atoms with Gasteiger partial charge in [-0.25, -0.2) is 0 Å². The molecule has 20 heavy (non-hydrogen) atoms. The van der Waals surface area contributed by atoms with Crippen LogP contribution in [0.25, 0.3) is 0 Å². The molecule has 1 fully saturated rings. The predicted octanol–water partition coefficient (Wildman–Crippen LogP) is 1.62. The maximum absolute atomic E-state index is 5.58. The number of ether oxygens (including phenoxy) is 2. The van der Waals surface area contributed by atoms with Crippen molar-refractivity contribution in [2.45, 2.75) is 38.6 Å². The molecule has 5 nitrogen and oxygen atoms in total. The molecule has 0 spiro atoms. The molecule has 1 aliphatic heterocycles. The molecule has 0 saturated carbocycles. The molecular formula is C15H26N2O3. The molecular weight excluding hydrogens is 256 g/mol. The van der Waals surface area contributed by atoms with Gasteiger partial charge in [-0.05, 0) is 19.0 Å². The Morgan fingerprint density at radius 2 is 2.00 bits per heavy atom. The van der Waals surface area contributed by atoms with Crippen molar-refractivity contribution in [3.05, 3.63) is 23.7 Å². The van der Waals surface area contributed by atoms with E-state index in [9.17, 15) is 0 Å². The summed E-state index contributed by atoms with van der Waals surface area (Å²) in [6.45, 7) is 6.67. The van der Waals surface area contributed by atoms with E-state index in [-0.39, 0.29) is 12.2 Å². The minimum absolute atomic E-state index is 0.161. The summed E-state index contributed by atoms with van der Waals surface area (Å²) >= 11 is 0. The van der Waals surface area contributed by atoms with Gasteiger partial charge in [0.25, 0.3) is 0 Å². The normalized spacial score (nSPS) is 23.6. The highest BCUT2D eigenvalue weighted by Crippen LogP contribution is 2.20. The van der Waals surface area contributed by atoms with E-state index < -0.39 is 0 Å². The van der Waals surface area contributed by atoms with E-state index in [4.69, 9.17) is 13.9 Å². The summed E-state index contributed by atoms with van der Waals surface area (Å²) in [6.07, 6.45) is 3.23. The fourth-order valence-corrected chi connectivity index (χ4v) is 2.68. The predicted molar refractivity (Wildman–Crippen MR) is 77.6 cm³/mol. The van der Waals surface area contributed by atoms with Gasteiger partial charge in [0, 0.05) is 39.4 Å². The van der Waals surface area contributed by atoms with Crippen molar-refractivity contribution in [3.8, 4) is 0 Å². The Labute approximate surface area is 121 Å². The Kier molecular flexibility index (Phi) is 6.04. The van der Waals surface area contributed by atoms with E-state index in [0.717, 1.165) is 44.9 Å². The van der Waals surface area contributed by atoms with Gasteiger partial charge in [-0.3, -0.25) is 4.90 Å². The second-order valence-electron chi connectivity index (χ2n) is 5.29. The van der Waals surface area contributed by atoms with Gasteiger partial charge in [-0.15, -0.1) is 0 Å². The molecule has 2 unspecified atom stereocenters. The van der Waals surface area contributed by atoms with Crippen molar-refractivity contribution >= 4 is 0 Å². The zero-order chi connectivity index (χ0) is 14.4. The number of nitrogens with zero attached hydrogens (tertiary/aromatic N) is 1. The van der Waals surface area contributed by atoms with Crippen molar-refractivity contribution < 1.29 is 13.9 Å². The quantitative estimate of drug-likeness (QED) is 0.734. The highest BCUT2D eigenvalue weighted by Gasteiger charge is 2.33. The van der Waals surface area contributed by atoms with Crippen molar-refractivity contribution in [2.75, 3.05) is 33.9 Å². The van der Waals surface area contributed by atoms with Gasteiger partial charge in [-0.2, -0.15) is 0 Å². The van der Waals surface area contributed by atoms with Crippen molar-refractivity contribution in [3.63, 3.8) is 0 Å². The lowest BCUT2D eigenvalue weighted by molar-refractivity contribution is -0.00461. The molecule has 114 valence electrons. The van der Waals surface area contributed by atoms with Crippen LogP contribution < -0.4 is 5.32 Å². The Morgan fingerprint density at radius 3 is 2.60 bits per heavy atom. The van der Waals surface area contributed by atoms with Crippen LogP contribution in [0.2, 0.25) is 0 Å². The third kappa shape index (κ3) is 3.82. The highest BCUT2D eigenvalue weighted by molar-refractivity contribution is 5.17. The minimum Gasteiger partial charge on any atom is -0.468 e. The maximum atomic E-state index is 5.58. The van der Waals surface area contributed by atoms with Crippen LogP contribution >= 0.6 is 0 Å². The number of rotatable bonds is 8. The lowest BCUT2D eigenvalue weighted by Gasteiger charge is -2.15. The highest BCUT2D eigenvalue weighted by atomic mass is 16.5. The Morgan fingerprint density at radius 1 is 1.30 bits per heavy atom. The molecule has 0 aromatic carbocycles. The van der Waals surface area contributed by atoms with Crippen LogP contribution in [-0.4, -0.2) is 51.0 Å². The van der Waals surface area contributed by atoms with Gasteiger partial charge in [0.2, 0.25) is 0 Å². The molecule has 1 aromatic heterocycles. The van der Waals surface area contributed by atoms with Crippen LogP contribution in [-0.2, 0) is 22.6 Å². The molecule has 2 atom stereocenters. The maximum Gasteiger partial charge on any atom is 0.122 e. The summed E-state index contributed by atoms with van der Waals surface area (Å²) in [7, 11) is 3.50. The second kappa shape index (κ2) is 7.78. The molecule has 0 bridgehead atoms. The van der Waals surface area contributed by atoms with Crippen LogP contribution in [0.3, 0.4) is 0 Å². The number of nitrogens with one attached hydrogen (secondary N) is 1.